The minimum absolute atomic E-state index is 0.298. The van der Waals surface area contributed by atoms with Gasteiger partial charge in [0.2, 0.25) is 0 Å². The van der Waals surface area contributed by atoms with Crippen LogP contribution in [0.4, 0.5) is 0 Å². The number of allylic oxidation sites excluding steroid dienone is 2. The average molecular weight is 270 g/mol. The molecule has 0 amide bonds. The van der Waals surface area contributed by atoms with E-state index >= 15 is 0 Å². The molecule has 0 spiro atoms. The number of aliphatic hydroxyl groups is 1. The molecular formula is C13H20ClN3O. The van der Waals surface area contributed by atoms with Gasteiger partial charge in [-0.05, 0) is 25.5 Å². The van der Waals surface area contributed by atoms with Gasteiger partial charge in [0, 0.05) is 19.3 Å². The summed E-state index contributed by atoms with van der Waals surface area (Å²) in [5.74, 6) is 0. The molecule has 0 radical (unpaired) electrons. The third-order valence-corrected chi connectivity index (χ3v) is 2.70. The number of likely N-dealkylation sites (N-methyl/N-ethyl adjacent to an activating group) is 1. The number of hydrogen-bond donors (Lipinski definition) is 2. The van der Waals surface area contributed by atoms with Gasteiger partial charge in [0.15, 0.2) is 0 Å². The van der Waals surface area contributed by atoms with Gasteiger partial charge in [0.1, 0.15) is 11.3 Å². The molecule has 0 saturated heterocycles. The maximum absolute atomic E-state index is 10.0. The number of rotatable bonds is 5. The van der Waals surface area contributed by atoms with E-state index in [0.29, 0.717) is 11.2 Å². The van der Waals surface area contributed by atoms with Crippen LogP contribution in [0.25, 0.3) is 0 Å². The summed E-state index contributed by atoms with van der Waals surface area (Å²) >= 11 is 5.58. The highest BCUT2D eigenvalue weighted by Gasteiger charge is 2.21. The first kappa shape index (κ1) is 15.0. The molecule has 1 aliphatic rings. The van der Waals surface area contributed by atoms with Gasteiger partial charge in [-0.2, -0.15) is 0 Å². The van der Waals surface area contributed by atoms with Crippen molar-refractivity contribution in [3.63, 3.8) is 0 Å². The Labute approximate surface area is 113 Å². The molecule has 2 atom stereocenters. The van der Waals surface area contributed by atoms with Crippen molar-refractivity contribution >= 4 is 16.8 Å². The Morgan fingerprint density at radius 1 is 1.67 bits per heavy atom. The smallest absolute Gasteiger partial charge is 0.113 e. The van der Waals surface area contributed by atoms with E-state index in [1.54, 1.807) is 31.4 Å². The normalized spacial score (nSPS) is 23.2. The van der Waals surface area contributed by atoms with E-state index in [0.717, 1.165) is 12.1 Å². The lowest BCUT2D eigenvalue weighted by Gasteiger charge is -2.20. The van der Waals surface area contributed by atoms with Crippen molar-refractivity contribution in [2.45, 2.75) is 32.4 Å². The lowest BCUT2D eigenvalue weighted by Crippen LogP contribution is -2.35. The molecule has 1 rings (SSSR count). The molecule has 0 aliphatic carbocycles. The van der Waals surface area contributed by atoms with Gasteiger partial charge >= 0.3 is 0 Å². The first-order valence-electron chi connectivity index (χ1n) is 5.97. The Balaban J connectivity index is 2.55. The molecule has 0 bridgehead atoms. The maximum Gasteiger partial charge on any atom is 0.113 e. The van der Waals surface area contributed by atoms with Crippen LogP contribution in [0.5, 0.6) is 0 Å². The van der Waals surface area contributed by atoms with E-state index in [1.807, 2.05) is 18.1 Å². The van der Waals surface area contributed by atoms with Crippen LogP contribution in [0.2, 0.25) is 0 Å². The summed E-state index contributed by atoms with van der Waals surface area (Å²) < 4.78 is 0. The van der Waals surface area contributed by atoms with Crippen molar-refractivity contribution in [3.05, 3.63) is 36.2 Å². The number of hydrogen-bond acceptors (Lipinski definition) is 4. The maximum atomic E-state index is 10.0. The standard InChI is InChI=1S/C13H20ClN3O/c1-4-11-9-12(17(3)16-11)13(18)7-5-6-8-15-10(2)14/h5-9,11,13,16,18H,4H2,1-3H3/b7-5+,8-6-,15-10?. The molecule has 4 nitrogen and oxygen atoms in total. The lowest BCUT2D eigenvalue weighted by molar-refractivity contribution is 0.195. The summed E-state index contributed by atoms with van der Waals surface area (Å²) in [5, 5.41) is 12.3. The van der Waals surface area contributed by atoms with Crippen molar-refractivity contribution in [2.24, 2.45) is 4.99 Å². The summed E-state index contributed by atoms with van der Waals surface area (Å²) in [5.41, 5.74) is 4.10. The molecule has 0 fully saturated rings. The van der Waals surface area contributed by atoms with Crippen LogP contribution in [0, 0.1) is 0 Å². The van der Waals surface area contributed by atoms with E-state index in [1.165, 1.54) is 0 Å². The molecule has 2 N–H and O–H groups in total. The van der Waals surface area contributed by atoms with Crippen molar-refractivity contribution in [1.82, 2.24) is 10.4 Å². The third kappa shape index (κ3) is 4.64. The van der Waals surface area contributed by atoms with Crippen LogP contribution in [0.15, 0.2) is 41.2 Å². The Morgan fingerprint density at radius 2 is 2.39 bits per heavy atom. The molecule has 5 heteroatoms. The Hall–Kier alpha value is -1.10. The molecule has 0 aromatic rings. The van der Waals surface area contributed by atoms with Crippen molar-refractivity contribution in [2.75, 3.05) is 7.05 Å². The molecular weight excluding hydrogens is 250 g/mol. The second-order valence-corrected chi connectivity index (χ2v) is 4.64. The van der Waals surface area contributed by atoms with Crippen LogP contribution in [0.3, 0.4) is 0 Å². The van der Waals surface area contributed by atoms with Gasteiger partial charge in [-0.3, -0.25) is 0 Å². The van der Waals surface area contributed by atoms with Gasteiger partial charge in [0.05, 0.1) is 5.70 Å². The van der Waals surface area contributed by atoms with Crippen LogP contribution in [-0.2, 0) is 0 Å². The molecule has 0 saturated carbocycles. The van der Waals surface area contributed by atoms with Gasteiger partial charge in [0.25, 0.3) is 0 Å². The molecule has 0 aromatic carbocycles. The van der Waals surface area contributed by atoms with Crippen LogP contribution in [0.1, 0.15) is 20.3 Å². The summed E-state index contributed by atoms with van der Waals surface area (Å²) in [4.78, 5) is 3.89. The largest absolute Gasteiger partial charge is 0.383 e. The summed E-state index contributed by atoms with van der Waals surface area (Å²) in [6.45, 7) is 3.81. The fraction of sp³-hybridized carbons (Fsp3) is 0.462. The number of hydrazine groups is 1. The number of aliphatic imine (C=N–C) groups is 1. The predicted octanol–water partition coefficient (Wildman–Crippen LogP) is 2.19. The first-order valence-corrected chi connectivity index (χ1v) is 6.35. The fourth-order valence-electron chi connectivity index (χ4n) is 1.65. The first-order chi connectivity index (χ1) is 8.54. The van der Waals surface area contributed by atoms with Crippen LogP contribution in [-0.4, -0.2) is 34.5 Å². The Kier molecular flexibility index (Phi) is 6.12. The average Bonchev–Trinajstić information content (AvgIpc) is 2.69. The highest BCUT2D eigenvalue weighted by Crippen LogP contribution is 2.16. The highest BCUT2D eigenvalue weighted by atomic mass is 35.5. The summed E-state index contributed by atoms with van der Waals surface area (Å²) in [6, 6.07) is 0.298. The van der Waals surface area contributed by atoms with E-state index in [4.69, 9.17) is 11.6 Å². The minimum Gasteiger partial charge on any atom is -0.383 e. The number of nitrogens with one attached hydrogen (secondary N) is 1. The van der Waals surface area contributed by atoms with Gasteiger partial charge in [-0.15, -0.1) is 0 Å². The second-order valence-electron chi connectivity index (χ2n) is 4.09. The van der Waals surface area contributed by atoms with E-state index in [2.05, 4.69) is 17.3 Å². The third-order valence-electron chi connectivity index (χ3n) is 2.60. The zero-order valence-electron chi connectivity index (χ0n) is 11.0. The van der Waals surface area contributed by atoms with Crippen molar-refractivity contribution < 1.29 is 5.11 Å². The van der Waals surface area contributed by atoms with Gasteiger partial charge < -0.3 is 10.1 Å². The summed E-state index contributed by atoms with van der Waals surface area (Å²) in [7, 11) is 1.90. The minimum atomic E-state index is -0.621. The SMILES string of the molecule is CCC1C=C(C(O)/C=C/C=C\N=C(C)Cl)N(C)N1. The van der Waals surface area contributed by atoms with E-state index < -0.39 is 6.10 Å². The van der Waals surface area contributed by atoms with Crippen molar-refractivity contribution in [1.29, 1.82) is 0 Å². The number of aliphatic hydroxyl groups excluding tert-OH is 1. The molecule has 1 heterocycles. The predicted molar refractivity (Wildman–Crippen MR) is 76.3 cm³/mol. The highest BCUT2D eigenvalue weighted by molar-refractivity contribution is 6.64. The molecule has 100 valence electrons. The quantitative estimate of drug-likeness (QED) is 0.594. The summed E-state index contributed by atoms with van der Waals surface area (Å²) in [6.07, 6.45) is 9.19. The van der Waals surface area contributed by atoms with Crippen molar-refractivity contribution in [3.8, 4) is 0 Å². The van der Waals surface area contributed by atoms with E-state index in [9.17, 15) is 5.11 Å². The Morgan fingerprint density at radius 3 is 2.94 bits per heavy atom. The fourth-order valence-corrected chi connectivity index (χ4v) is 1.70. The van der Waals surface area contributed by atoms with Gasteiger partial charge in [-0.25, -0.2) is 10.4 Å². The number of halogens is 1. The monoisotopic (exact) mass is 269 g/mol. The molecule has 18 heavy (non-hydrogen) atoms. The topological polar surface area (TPSA) is 47.9 Å². The van der Waals surface area contributed by atoms with Gasteiger partial charge in [-0.1, -0.05) is 30.7 Å². The van der Waals surface area contributed by atoms with E-state index in [-0.39, 0.29) is 0 Å². The zero-order valence-corrected chi connectivity index (χ0v) is 11.7. The Bertz CT molecular complexity index is 384. The molecule has 2 unspecified atom stereocenters. The lowest BCUT2D eigenvalue weighted by atomic mass is 10.1. The number of nitrogens with zero attached hydrogens (tertiary/aromatic N) is 2. The zero-order chi connectivity index (χ0) is 13.5. The van der Waals surface area contributed by atoms with Crippen LogP contribution >= 0.6 is 11.6 Å². The van der Waals surface area contributed by atoms with Crippen LogP contribution < -0.4 is 5.43 Å². The molecule has 0 aromatic heterocycles. The molecule has 1 aliphatic heterocycles. The second kappa shape index (κ2) is 7.36.